The van der Waals surface area contributed by atoms with Crippen LogP contribution in [0.4, 0.5) is 0 Å². The number of hydrogen-bond acceptors (Lipinski definition) is 3. The van der Waals surface area contributed by atoms with Crippen LogP contribution in [-0.2, 0) is 19.0 Å². The van der Waals surface area contributed by atoms with Crippen molar-refractivity contribution in [1.29, 1.82) is 0 Å². The van der Waals surface area contributed by atoms with Crippen LogP contribution in [0.15, 0.2) is 29.1 Å². The van der Waals surface area contributed by atoms with E-state index in [4.69, 9.17) is 0 Å². The maximum Gasteiger partial charge on any atom is 0.363 e. The normalized spacial score (nSPS) is 11.8. The van der Waals surface area contributed by atoms with Gasteiger partial charge in [-0.3, -0.25) is 0 Å². The fourth-order valence-electron chi connectivity index (χ4n) is 2.00. The van der Waals surface area contributed by atoms with Crippen molar-refractivity contribution in [3.05, 3.63) is 45.9 Å². The SMILES string of the molecule is Cn1nnn(Cc2ccccc2C(C)(C)C)c1=O. The van der Waals surface area contributed by atoms with Gasteiger partial charge in [-0.2, -0.15) is 9.36 Å². The first-order valence-electron chi connectivity index (χ1n) is 5.95. The minimum atomic E-state index is -0.196. The molecule has 96 valence electrons. The molecular formula is C13H18N4O. The molecule has 0 saturated heterocycles. The summed E-state index contributed by atoms with van der Waals surface area (Å²) in [5, 5.41) is 7.57. The van der Waals surface area contributed by atoms with Gasteiger partial charge in [0, 0.05) is 7.05 Å². The van der Waals surface area contributed by atoms with Crippen molar-refractivity contribution >= 4 is 0 Å². The summed E-state index contributed by atoms with van der Waals surface area (Å²) in [5.41, 5.74) is 2.18. The van der Waals surface area contributed by atoms with Gasteiger partial charge in [0.25, 0.3) is 0 Å². The Kier molecular flexibility index (Phi) is 3.07. The first-order chi connectivity index (χ1) is 8.39. The van der Waals surface area contributed by atoms with Gasteiger partial charge in [-0.15, -0.1) is 0 Å². The highest BCUT2D eigenvalue weighted by Crippen LogP contribution is 2.25. The molecule has 1 aromatic heterocycles. The standard InChI is InChI=1S/C13H18N4O/c1-13(2,3)11-8-6-5-7-10(11)9-17-12(18)16(4)14-15-17/h5-8H,9H2,1-4H3. The number of aryl methyl sites for hydroxylation is 1. The molecule has 0 aliphatic heterocycles. The lowest BCUT2D eigenvalue weighted by Crippen LogP contribution is -2.25. The van der Waals surface area contributed by atoms with E-state index in [2.05, 4.69) is 37.3 Å². The quantitative estimate of drug-likeness (QED) is 0.803. The van der Waals surface area contributed by atoms with Gasteiger partial charge in [-0.1, -0.05) is 45.0 Å². The Morgan fingerprint density at radius 3 is 2.39 bits per heavy atom. The van der Waals surface area contributed by atoms with Gasteiger partial charge in [0.1, 0.15) is 0 Å². The largest absolute Gasteiger partial charge is 0.363 e. The van der Waals surface area contributed by atoms with E-state index in [0.29, 0.717) is 6.54 Å². The number of rotatable bonds is 2. The minimum Gasteiger partial charge on any atom is -0.244 e. The van der Waals surface area contributed by atoms with Crippen LogP contribution in [0.5, 0.6) is 0 Å². The van der Waals surface area contributed by atoms with Crippen molar-refractivity contribution in [3.63, 3.8) is 0 Å². The third-order valence-electron chi connectivity index (χ3n) is 2.93. The number of benzene rings is 1. The summed E-state index contributed by atoms with van der Waals surface area (Å²) in [6.07, 6.45) is 0. The highest BCUT2D eigenvalue weighted by Gasteiger charge is 2.18. The van der Waals surface area contributed by atoms with E-state index in [1.165, 1.54) is 14.9 Å². The predicted octanol–water partition coefficient (Wildman–Crippen LogP) is 1.32. The molecule has 0 saturated carbocycles. The van der Waals surface area contributed by atoms with E-state index in [0.717, 1.165) is 5.56 Å². The van der Waals surface area contributed by atoms with Crippen LogP contribution in [0, 0.1) is 0 Å². The molecule has 0 aliphatic carbocycles. The van der Waals surface area contributed by atoms with Crippen molar-refractivity contribution in [2.45, 2.75) is 32.7 Å². The van der Waals surface area contributed by atoms with Crippen molar-refractivity contribution < 1.29 is 0 Å². The monoisotopic (exact) mass is 246 g/mol. The molecule has 1 heterocycles. The average Bonchev–Trinajstić information content (AvgIpc) is 2.60. The minimum absolute atomic E-state index is 0.0441. The second kappa shape index (κ2) is 4.40. The molecule has 0 N–H and O–H groups in total. The number of aromatic nitrogens is 4. The van der Waals surface area contributed by atoms with E-state index in [-0.39, 0.29) is 11.1 Å². The van der Waals surface area contributed by atoms with Crippen molar-refractivity contribution in [2.75, 3.05) is 0 Å². The molecule has 0 bridgehead atoms. The molecule has 0 fully saturated rings. The van der Waals surface area contributed by atoms with E-state index in [1.54, 1.807) is 7.05 Å². The van der Waals surface area contributed by atoms with Crippen LogP contribution < -0.4 is 5.69 Å². The Labute approximate surface area is 106 Å². The highest BCUT2D eigenvalue weighted by atomic mass is 16.2. The second-order valence-corrected chi connectivity index (χ2v) is 5.45. The molecule has 0 unspecified atom stereocenters. The summed E-state index contributed by atoms with van der Waals surface area (Å²) in [6.45, 7) is 6.93. The lowest BCUT2D eigenvalue weighted by Gasteiger charge is -2.22. The smallest absolute Gasteiger partial charge is 0.244 e. The lowest BCUT2D eigenvalue weighted by atomic mass is 9.84. The van der Waals surface area contributed by atoms with Crippen molar-refractivity contribution in [1.82, 2.24) is 19.8 Å². The summed E-state index contributed by atoms with van der Waals surface area (Å²) in [5.74, 6) is 0. The Bertz CT molecular complexity index is 604. The molecule has 1 aromatic carbocycles. The lowest BCUT2D eigenvalue weighted by molar-refractivity contribution is 0.564. The van der Waals surface area contributed by atoms with Gasteiger partial charge in [-0.25, -0.2) is 4.79 Å². The van der Waals surface area contributed by atoms with Gasteiger partial charge in [0.15, 0.2) is 0 Å². The molecule has 18 heavy (non-hydrogen) atoms. The molecule has 0 spiro atoms. The first-order valence-corrected chi connectivity index (χ1v) is 5.95. The molecule has 5 nitrogen and oxygen atoms in total. The Morgan fingerprint density at radius 2 is 1.83 bits per heavy atom. The molecule has 2 aromatic rings. The van der Waals surface area contributed by atoms with E-state index in [9.17, 15) is 4.79 Å². The van der Waals surface area contributed by atoms with Gasteiger partial charge >= 0.3 is 5.69 Å². The highest BCUT2D eigenvalue weighted by molar-refractivity contribution is 5.32. The van der Waals surface area contributed by atoms with E-state index in [1.807, 2.05) is 18.2 Å². The van der Waals surface area contributed by atoms with Crippen LogP contribution in [0.25, 0.3) is 0 Å². The molecule has 5 heteroatoms. The average molecular weight is 246 g/mol. The maximum absolute atomic E-state index is 11.7. The summed E-state index contributed by atoms with van der Waals surface area (Å²) in [6, 6.07) is 8.12. The van der Waals surface area contributed by atoms with Crippen LogP contribution >= 0.6 is 0 Å². The van der Waals surface area contributed by atoms with Crippen LogP contribution in [0.1, 0.15) is 31.9 Å². The first kappa shape index (κ1) is 12.5. The molecule has 0 aliphatic rings. The predicted molar refractivity (Wildman–Crippen MR) is 69.5 cm³/mol. The molecule has 0 atom stereocenters. The summed E-state index contributed by atoms with van der Waals surface area (Å²) in [4.78, 5) is 11.7. The zero-order chi connectivity index (χ0) is 13.3. The summed E-state index contributed by atoms with van der Waals surface area (Å²) < 4.78 is 2.62. The number of tetrazole rings is 1. The number of hydrogen-bond donors (Lipinski definition) is 0. The van der Waals surface area contributed by atoms with Crippen molar-refractivity contribution in [3.8, 4) is 0 Å². The molecule has 0 radical (unpaired) electrons. The third kappa shape index (κ3) is 2.34. The number of nitrogens with zero attached hydrogens (tertiary/aromatic N) is 4. The van der Waals surface area contributed by atoms with Crippen LogP contribution in [-0.4, -0.2) is 19.8 Å². The van der Waals surface area contributed by atoms with Crippen LogP contribution in [0.3, 0.4) is 0 Å². The van der Waals surface area contributed by atoms with E-state index < -0.39 is 0 Å². The fourth-order valence-corrected chi connectivity index (χ4v) is 2.00. The molecule has 2 rings (SSSR count). The summed E-state index contributed by atoms with van der Waals surface area (Å²) >= 11 is 0. The van der Waals surface area contributed by atoms with E-state index >= 15 is 0 Å². The van der Waals surface area contributed by atoms with Gasteiger partial charge in [0.05, 0.1) is 6.54 Å². The third-order valence-corrected chi connectivity index (χ3v) is 2.93. The zero-order valence-electron chi connectivity index (χ0n) is 11.2. The Hall–Kier alpha value is -1.91. The van der Waals surface area contributed by atoms with Gasteiger partial charge < -0.3 is 0 Å². The Morgan fingerprint density at radius 1 is 1.17 bits per heavy atom. The van der Waals surface area contributed by atoms with Gasteiger partial charge in [0.2, 0.25) is 0 Å². The maximum atomic E-state index is 11.7. The zero-order valence-corrected chi connectivity index (χ0v) is 11.2. The van der Waals surface area contributed by atoms with Gasteiger partial charge in [-0.05, 0) is 27.0 Å². The van der Waals surface area contributed by atoms with Crippen LogP contribution in [0.2, 0.25) is 0 Å². The fraction of sp³-hybridized carbons (Fsp3) is 0.462. The molecule has 0 amide bonds. The Balaban J connectivity index is 2.41. The molecular weight excluding hydrogens is 228 g/mol. The summed E-state index contributed by atoms with van der Waals surface area (Å²) in [7, 11) is 1.60. The second-order valence-electron chi connectivity index (χ2n) is 5.45. The van der Waals surface area contributed by atoms with Crippen molar-refractivity contribution in [2.24, 2.45) is 7.05 Å². The topological polar surface area (TPSA) is 52.7 Å².